The van der Waals surface area contributed by atoms with E-state index in [1.807, 2.05) is 0 Å². The summed E-state index contributed by atoms with van der Waals surface area (Å²) in [6, 6.07) is 19.1. The van der Waals surface area contributed by atoms with Crippen LogP contribution in [0.1, 0.15) is 0 Å². The van der Waals surface area contributed by atoms with Crippen LogP contribution in [-0.4, -0.2) is 25.9 Å². The van der Waals surface area contributed by atoms with Gasteiger partial charge < -0.3 is 14.4 Å². The average Bonchev–Trinajstić information content (AvgIpc) is 2.88. The predicted octanol–water partition coefficient (Wildman–Crippen LogP) is -5.30. The van der Waals surface area contributed by atoms with E-state index in [1.165, 1.54) is 24.3 Å². The first-order valence-electron chi connectivity index (χ1n) is 10.8. The second kappa shape index (κ2) is 14.5. The summed E-state index contributed by atoms with van der Waals surface area (Å²) in [6.07, 6.45) is 0. The number of rotatable bonds is 8. The Hall–Kier alpha value is -2.70. The van der Waals surface area contributed by atoms with Crippen molar-refractivity contribution in [3.8, 4) is 0 Å². The monoisotopic (exact) mass is 613 g/mol. The van der Waals surface area contributed by atoms with Crippen molar-refractivity contribution in [2.24, 2.45) is 10.2 Å². The van der Waals surface area contributed by atoms with Crippen LogP contribution in [0, 0.1) is 0 Å². The molecule has 0 saturated heterocycles. The summed E-state index contributed by atoms with van der Waals surface area (Å²) in [4.78, 5) is 23.9. The Kier molecular flexibility index (Phi) is 12.2. The Bertz CT molecular complexity index is 1980. The van der Waals surface area contributed by atoms with Crippen LogP contribution in [0.4, 0.5) is 22.7 Å². The van der Waals surface area contributed by atoms with E-state index >= 15 is 0 Å². The minimum atomic E-state index is -4.90. The van der Waals surface area contributed by atoms with E-state index < -0.39 is 46.2 Å². The molecule has 200 valence electrons. The van der Waals surface area contributed by atoms with Crippen LogP contribution >= 0.6 is 0 Å². The summed E-state index contributed by atoms with van der Waals surface area (Å²) in [6.45, 7) is 0. The van der Waals surface area contributed by atoms with Gasteiger partial charge in [-0.15, -0.1) is 0 Å². The minimum absolute atomic E-state index is 0. The second-order valence-electron chi connectivity index (χ2n) is 7.84. The van der Waals surface area contributed by atoms with Gasteiger partial charge in [-0.05, 0) is 66.7 Å². The fourth-order valence-corrected chi connectivity index (χ4v) is 4.39. The number of nitrogens with one attached hydrogen (secondary N) is 3. The SMILES string of the molecule is O=c1cc/c(=N\Nc2ccc(Nc3ccccc3)c(S(=O)(=O)[O-])c2)c(=O)/c1=N\Nc1ccc(S(=O)(=O)[O-])cc1.[Na+].[Na+]. The van der Waals surface area contributed by atoms with Gasteiger partial charge in [0.05, 0.1) is 26.9 Å². The smallest absolute Gasteiger partial charge is 0.744 e. The molecule has 3 N–H and O–H groups in total. The van der Waals surface area contributed by atoms with Crippen LogP contribution in [-0.2, 0) is 20.2 Å². The van der Waals surface area contributed by atoms with Crippen molar-refractivity contribution in [3.63, 3.8) is 0 Å². The summed E-state index contributed by atoms with van der Waals surface area (Å²) in [5.41, 5.74) is 4.16. The normalized spacial score (nSPS) is 12.1. The predicted molar refractivity (Wildman–Crippen MR) is 138 cm³/mol. The van der Waals surface area contributed by atoms with Gasteiger partial charge >= 0.3 is 59.1 Å². The van der Waals surface area contributed by atoms with Gasteiger partial charge in [0.15, 0.2) is 5.36 Å². The van der Waals surface area contributed by atoms with E-state index in [0.717, 1.165) is 30.3 Å². The average molecular weight is 614 g/mol. The van der Waals surface area contributed by atoms with E-state index in [-0.39, 0.29) is 81.5 Å². The Labute approximate surface area is 277 Å². The van der Waals surface area contributed by atoms with E-state index in [1.54, 1.807) is 30.3 Å². The maximum absolute atomic E-state index is 12.8. The van der Waals surface area contributed by atoms with Crippen LogP contribution in [0.15, 0.2) is 115 Å². The Morgan fingerprint density at radius 3 is 1.85 bits per heavy atom. The maximum Gasteiger partial charge on any atom is 1.00 e. The molecule has 0 spiro atoms. The fraction of sp³-hybridized carbons (Fsp3) is 0. The second-order valence-corrected chi connectivity index (χ2v) is 10.6. The van der Waals surface area contributed by atoms with Crippen molar-refractivity contribution in [2.75, 3.05) is 16.2 Å². The molecule has 0 radical (unpaired) electrons. The summed E-state index contributed by atoms with van der Waals surface area (Å²) >= 11 is 0. The zero-order valence-corrected chi connectivity index (χ0v) is 27.2. The molecule has 0 aliphatic rings. The molecule has 0 atom stereocenters. The number of hydrogen-bond acceptors (Lipinski definition) is 13. The molecule has 0 unspecified atom stereocenters. The van der Waals surface area contributed by atoms with Crippen LogP contribution in [0.25, 0.3) is 0 Å². The van der Waals surface area contributed by atoms with Crippen molar-refractivity contribution in [3.05, 3.63) is 116 Å². The molecule has 13 nitrogen and oxygen atoms in total. The number of benzene rings is 4. The van der Waals surface area contributed by atoms with Gasteiger partial charge in [0.25, 0.3) is 0 Å². The Morgan fingerprint density at radius 2 is 1.24 bits per heavy atom. The Balaban J connectivity index is 0.00000294. The molecule has 0 fully saturated rings. The summed E-state index contributed by atoms with van der Waals surface area (Å²) in [5.74, 6) is 0. The molecule has 0 aliphatic carbocycles. The van der Waals surface area contributed by atoms with Crippen molar-refractivity contribution in [1.82, 2.24) is 0 Å². The largest absolute Gasteiger partial charge is 1.00 e. The molecule has 0 aromatic heterocycles. The molecule has 4 rings (SSSR count). The third-order valence-corrected chi connectivity index (χ3v) is 6.85. The van der Waals surface area contributed by atoms with Gasteiger partial charge in [-0.1, -0.05) is 18.2 Å². The fourth-order valence-electron chi connectivity index (χ4n) is 3.26. The Morgan fingerprint density at radius 1 is 0.634 bits per heavy atom. The minimum Gasteiger partial charge on any atom is -0.744 e. The van der Waals surface area contributed by atoms with Gasteiger partial charge in [0.1, 0.15) is 25.6 Å². The summed E-state index contributed by atoms with van der Waals surface area (Å²) in [7, 11) is -9.54. The van der Waals surface area contributed by atoms with Crippen LogP contribution in [0.5, 0.6) is 0 Å². The quantitative estimate of drug-likeness (QED) is 0.0971. The van der Waals surface area contributed by atoms with Crippen molar-refractivity contribution in [2.45, 2.75) is 9.79 Å². The molecule has 0 heterocycles. The molecule has 0 saturated carbocycles. The van der Waals surface area contributed by atoms with Crippen molar-refractivity contribution >= 4 is 43.0 Å². The summed E-state index contributed by atoms with van der Waals surface area (Å²) < 4.78 is 68.7. The standard InChI is InChI=1S/C24H19N5O8S2.2Na/c30-21-13-12-20(24(31)23(21)29-26-16-6-9-18(10-7-16)38(32,33)34)28-27-17-8-11-19(22(14-17)39(35,36)37)25-15-4-2-1-3-5-15;;/h1-14,25-27H,(H,32,33,34)(H,35,36,37);;/q;2*+1/p-2/b28-20+,29-23-;;. The molecule has 0 bridgehead atoms. The van der Waals surface area contributed by atoms with Crippen molar-refractivity contribution in [1.29, 1.82) is 0 Å². The van der Waals surface area contributed by atoms with Crippen molar-refractivity contribution < 1.29 is 85.1 Å². The molecular weight excluding hydrogens is 596 g/mol. The van der Waals surface area contributed by atoms with E-state index in [9.17, 15) is 35.5 Å². The first-order chi connectivity index (χ1) is 18.4. The van der Waals surface area contributed by atoms with Gasteiger partial charge in [-0.3, -0.25) is 20.4 Å². The van der Waals surface area contributed by atoms with Crippen LogP contribution in [0.3, 0.4) is 0 Å². The van der Waals surface area contributed by atoms with E-state index in [0.29, 0.717) is 5.69 Å². The third-order valence-electron chi connectivity index (χ3n) is 5.12. The first-order valence-corrected chi connectivity index (χ1v) is 13.7. The number of para-hydroxylation sites is 1. The van der Waals surface area contributed by atoms with Gasteiger partial charge in [-0.25, -0.2) is 16.8 Å². The molecule has 0 aliphatic heterocycles. The summed E-state index contributed by atoms with van der Waals surface area (Å²) in [5, 5.41) is 9.73. The zero-order valence-electron chi connectivity index (χ0n) is 21.6. The third kappa shape index (κ3) is 9.14. The van der Waals surface area contributed by atoms with E-state index in [4.69, 9.17) is 0 Å². The van der Waals surface area contributed by atoms with Crippen LogP contribution in [0.2, 0.25) is 0 Å². The van der Waals surface area contributed by atoms with Gasteiger partial charge in [0.2, 0.25) is 10.9 Å². The van der Waals surface area contributed by atoms with Gasteiger partial charge in [-0.2, -0.15) is 10.2 Å². The number of nitrogens with zero attached hydrogens (tertiary/aromatic N) is 2. The van der Waals surface area contributed by atoms with Crippen LogP contribution < -0.4 is 96.9 Å². The molecule has 0 amide bonds. The maximum atomic E-state index is 12.8. The molecule has 4 aromatic carbocycles. The molecular formula is C24H17N5Na2O8S2. The number of hydrogen-bond donors (Lipinski definition) is 3. The first kappa shape index (κ1) is 34.5. The molecule has 41 heavy (non-hydrogen) atoms. The number of anilines is 4. The zero-order chi connectivity index (χ0) is 28.2. The molecule has 4 aromatic rings. The van der Waals surface area contributed by atoms with E-state index in [2.05, 4.69) is 26.4 Å². The molecule has 17 heteroatoms. The topological polar surface area (TPSA) is 209 Å². The van der Waals surface area contributed by atoms with Gasteiger partial charge in [0, 0.05) is 5.69 Å².